The van der Waals surface area contributed by atoms with Crippen LogP contribution >= 0.6 is 11.8 Å². The highest BCUT2D eigenvalue weighted by Crippen LogP contribution is 2.26. The molecule has 0 unspecified atom stereocenters. The zero-order valence-corrected chi connectivity index (χ0v) is 14.7. The highest BCUT2D eigenvalue weighted by atomic mass is 32.2. The molecule has 0 saturated heterocycles. The predicted octanol–water partition coefficient (Wildman–Crippen LogP) is 3.13. The van der Waals surface area contributed by atoms with Crippen molar-refractivity contribution < 1.29 is 14.3 Å². The number of methoxy groups -OCH3 is 1. The summed E-state index contributed by atoms with van der Waals surface area (Å²) in [5, 5.41) is 2.81. The Labute approximate surface area is 146 Å². The van der Waals surface area contributed by atoms with Gasteiger partial charge in [-0.15, -0.1) is 11.8 Å². The first kappa shape index (κ1) is 17.9. The van der Waals surface area contributed by atoms with E-state index in [-0.39, 0.29) is 17.6 Å². The summed E-state index contributed by atoms with van der Waals surface area (Å²) in [4.78, 5) is 26.8. The highest BCUT2D eigenvalue weighted by molar-refractivity contribution is 8.00. The van der Waals surface area contributed by atoms with Gasteiger partial charge in [0.05, 0.1) is 18.6 Å². The fourth-order valence-electron chi connectivity index (χ4n) is 2.05. The molecule has 24 heavy (non-hydrogen) atoms. The molecule has 0 aliphatic rings. The summed E-state index contributed by atoms with van der Waals surface area (Å²) in [6.07, 6.45) is 0. The number of carbonyl (C=O) groups excluding carboxylic acids is 2. The average molecular weight is 344 g/mol. The first-order valence-electron chi connectivity index (χ1n) is 7.38. The molecule has 0 aromatic heterocycles. The van der Waals surface area contributed by atoms with Crippen molar-refractivity contribution in [2.45, 2.75) is 4.90 Å². The van der Waals surface area contributed by atoms with Gasteiger partial charge in [0.1, 0.15) is 5.75 Å². The first-order valence-corrected chi connectivity index (χ1v) is 8.37. The topological polar surface area (TPSA) is 58.6 Å². The molecule has 0 aliphatic carbocycles. The van der Waals surface area contributed by atoms with E-state index in [4.69, 9.17) is 4.74 Å². The molecule has 0 radical (unpaired) electrons. The van der Waals surface area contributed by atoms with E-state index in [1.54, 1.807) is 32.3 Å². The van der Waals surface area contributed by atoms with Crippen molar-refractivity contribution in [1.29, 1.82) is 0 Å². The van der Waals surface area contributed by atoms with E-state index < -0.39 is 0 Å². The largest absolute Gasteiger partial charge is 0.495 e. The average Bonchev–Trinajstić information content (AvgIpc) is 2.60. The summed E-state index contributed by atoms with van der Waals surface area (Å²) in [6.45, 7) is 0. The van der Waals surface area contributed by atoms with Gasteiger partial charge in [0.2, 0.25) is 5.91 Å². The third kappa shape index (κ3) is 4.76. The number of carbonyl (C=O) groups is 2. The van der Waals surface area contributed by atoms with Gasteiger partial charge in [-0.05, 0) is 30.3 Å². The minimum absolute atomic E-state index is 0.133. The third-order valence-corrected chi connectivity index (χ3v) is 4.25. The molecule has 0 bridgehead atoms. The van der Waals surface area contributed by atoms with Gasteiger partial charge in [0.25, 0.3) is 5.91 Å². The Morgan fingerprint density at radius 3 is 2.46 bits per heavy atom. The van der Waals surface area contributed by atoms with E-state index in [1.807, 2.05) is 30.3 Å². The van der Waals surface area contributed by atoms with Crippen molar-refractivity contribution in [1.82, 2.24) is 4.90 Å². The molecule has 0 fully saturated rings. The van der Waals surface area contributed by atoms with Gasteiger partial charge >= 0.3 is 0 Å². The molecule has 2 rings (SSSR count). The molecule has 2 aromatic carbocycles. The van der Waals surface area contributed by atoms with Crippen LogP contribution in [0.4, 0.5) is 5.69 Å². The number of hydrogen-bond donors (Lipinski definition) is 1. The predicted molar refractivity (Wildman–Crippen MR) is 96.8 cm³/mol. The van der Waals surface area contributed by atoms with Crippen molar-refractivity contribution in [2.24, 2.45) is 0 Å². The van der Waals surface area contributed by atoms with E-state index in [2.05, 4.69) is 5.32 Å². The highest BCUT2D eigenvalue weighted by Gasteiger charge is 2.13. The summed E-state index contributed by atoms with van der Waals surface area (Å²) in [7, 11) is 4.89. The second-order valence-corrected chi connectivity index (χ2v) is 6.31. The summed E-state index contributed by atoms with van der Waals surface area (Å²) < 4.78 is 5.26. The zero-order valence-electron chi connectivity index (χ0n) is 13.9. The van der Waals surface area contributed by atoms with Crippen LogP contribution in [0.1, 0.15) is 10.4 Å². The van der Waals surface area contributed by atoms with E-state index in [0.717, 1.165) is 4.90 Å². The number of anilines is 1. The van der Waals surface area contributed by atoms with Crippen molar-refractivity contribution in [3.05, 3.63) is 54.1 Å². The van der Waals surface area contributed by atoms with Gasteiger partial charge in [-0.25, -0.2) is 0 Å². The third-order valence-electron chi connectivity index (χ3n) is 3.24. The van der Waals surface area contributed by atoms with E-state index in [1.165, 1.54) is 23.8 Å². The van der Waals surface area contributed by atoms with Crippen molar-refractivity contribution >= 4 is 29.3 Å². The summed E-state index contributed by atoms with van der Waals surface area (Å²) in [5.41, 5.74) is 0.982. The Kier molecular flexibility index (Phi) is 6.26. The quantitative estimate of drug-likeness (QED) is 0.818. The molecule has 5 nitrogen and oxygen atoms in total. The molecule has 1 N–H and O–H groups in total. The van der Waals surface area contributed by atoms with Gasteiger partial charge in [-0.3, -0.25) is 9.59 Å². The molecule has 2 amide bonds. The maximum absolute atomic E-state index is 12.2. The maximum atomic E-state index is 12.2. The van der Waals surface area contributed by atoms with Crippen molar-refractivity contribution in [2.75, 3.05) is 32.3 Å². The summed E-state index contributed by atoms with van der Waals surface area (Å²) in [6, 6.07) is 14.7. The molecule has 0 spiro atoms. The monoisotopic (exact) mass is 344 g/mol. The number of nitrogens with zero attached hydrogens (tertiary/aromatic N) is 1. The van der Waals surface area contributed by atoms with Crippen molar-refractivity contribution in [3.8, 4) is 5.75 Å². The van der Waals surface area contributed by atoms with Crippen LogP contribution in [0.15, 0.2) is 53.4 Å². The Bertz CT molecular complexity index is 717. The Morgan fingerprint density at radius 1 is 1.12 bits per heavy atom. The van der Waals surface area contributed by atoms with E-state index in [0.29, 0.717) is 17.0 Å². The fourth-order valence-corrected chi connectivity index (χ4v) is 2.77. The van der Waals surface area contributed by atoms with Crippen molar-refractivity contribution in [3.63, 3.8) is 0 Å². The smallest absolute Gasteiger partial charge is 0.253 e. The Hall–Kier alpha value is -2.47. The van der Waals surface area contributed by atoms with Crippen LogP contribution in [0.2, 0.25) is 0 Å². The summed E-state index contributed by atoms with van der Waals surface area (Å²) >= 11 is 1.45. The molecule has 6 heteroatoms. The SMILES string of the molecule is COc1ccc(C(=O)N(C)C)cc1NC(=O)CSc1ccccc1. The second-order valence-electron chi connectivity index (χ2n) is 5.26. The molecule has 0 aliphatic heterocycles. The van der Waals surface area contributed by atoms with E-state index >= 15 is 0 Å². The van der Waals surface area contributed by atoms with Crippen LogP contribution in [0.25, 0.3) is 0 Å². The lowest BCUT2D eigenvalue weighted by molar-refractivity contribution is -0.113. The lowest BCUT2D eigenvalue weighted by Crippen LogP contribution is -2.22. The molecular formula is C18H20N2O3S. The lowest BCUT2D eigenvalue weighted by Gasteiger charge is -2.14. The van der Waals surface area contributed by atoms with Gasteiger partial charge in [-0.2, -0.15) is 0 Å². The first-order chi connectivity index (χ1) is 11.5. The Balaban J connectivity index is 2.08. The fraction of sp³-hybridized carbons (Fsp3) is 0.222. The van der Waals surface area contributed by atoms with Gasteiger partial charge < -0.3 is 15.0 Å². The number of amides is 2. The summed E-state index contributed by atoms with van der Waals surface area (Å²) in [5.74, 6) is 0.505. The van der Waals surface area contributed by atoms with Crippen LogP contribution in [0.3, 0.4) is 0 Å². The molecule has 0 saturated carbocycles. The van der Waals surface area contributed by atoms with Crippen LogP contribution in [0, 0.1) is 0 Å². The number of benzene rings is 2. The number of ether oxygens (including phenoxy) is 1. The normalized spacial score (nSPS) is 10.1. The van der Waals surface area contributed by atoms with Crippen LogP contribution in [-0.2, 0) is 4.79 Å². The molecule has 126 valence electrons. The zero-order chi connectivity index (χ0) is 17.5. The van der Waals surface area contributed by atoms with Gasteiger partial charge in [0.15, 0.2) is 0 Å². The van der Waals surface area contributed by atoms with Crippen LogP contribution < -0.4 is 10.1 Å². The van der Waals surface area contributed by atoms with Gasteiger partial charge in [0, 0.05) is 24.6 Å². The van der Waals surface area contributed by atoms with Crippen LogP contribution in [-0.4, -0.2) is 43.7 Å². The molecular weight excluding hydrogens is 324 g/mol. The molecule has 0 atom stereocenters. The number of hydrogen-bond acceptors (Lipinski definition) is 4. The minimum Gasteiger partial charge on any atom is -0.495 e. The maximum Gasteiger partial charge on any atom is 0.253 e. The number of thioether (sulfide) groups is 1. The second kappa shape index (κ2) is 8.40. The standard InChI is InChI=1S/C18H20N2O3S/c1-20(2)18(22)13-9-10-16(23-3)15(11-13)19-17(21)12-24-14-7-5-4-6-8-14/h4-11H,12H2,1-3H3,(H,19,21). The number of nitrogens with one attached hydrogen (secondary N) is 1. The van der Waals surface area contributed by atoms with E-state index in [9.17, 15) is 9.59 Å². The minimum atomic E-state index is -0.156. The lowest BCUT2D eigenvalue weighted by atomic mass is 10.1. The van der Waals surface area contributed by atoms with Crippen LogP contribution in [0.5, 0.6) is 5.75 Å². The van der Waals surface area contributed by atoms with Gasteiger partial charge in [-0.1, -0.05) is 18.2 Å². The molecule has 2 aromatic rings. The number of rotatable bonds is 6. The Morgan fingerprint density at radius 2 is 1.83 bits per heavy atom. The molecule has 0 heterocycles.